The molecule has 4 heteroatoms. The molecule has 2 fully saturated rings. The van der Waals surface area contributed by atoms with Crippen molar-refractivity contribution in [1.29, 1.82) is 0 Å². The molecule has 1 aliphatic carbocycles. The van der Waals surface area contributed by atoms with Gasteiger partial charge in [-0.1, -0.05) is 43.2 Å². The number of nitrogens with one attached hydrogen (secondary N) is 1. The van der Waals surface area contributed by atoms with Crippen molar-refractivity contribution in [2.75, 3.05) is 13.1 Å². The molecule has 1 saturated heterocycles. The van der Waals surface area contributed by atoms with Crippen molar-refractivity contribution in [2.45, 2.75) is 31.7 Å². The predicted octanol–water partition coefficient (Wildman–Crippen LogP) is 1.88. The van der Waals surface area contributed by atoms with Gasteiger partial charge in [0, 0.05) is 19.5 Å². The van der Waals surface area contributed by atoms with Crippen LogP contribution in [0.5, 0.6) is 0 Å². The first-order chi connectivity index (χ1) is 9.74. The fourth-order valence-electron chi connectivity index (χ4n) is 2.66. The molecule has 1 unspecified atom stereocenters. The summed E-state index contributed by atoms with van der Waals surface area (Å²) in [5.74, 6) is 0.786. The molecule has 0 spiro atoms. The summed E-state index contributed by atoms with van der Waals surface area (Å²) < 4.78 is 0. The molecule has 1 aliphatic heterocycles. The lowest BCUT2D eigenvalue weighted by Gasteiger charge is -2.24. The molecule has 1 heterocycles. The highest BCUT2D eigenvalue weighted by molar-refractivity contribution is 5.90. The van der Waals surface area contributed by atoms with Crippen LogP contribution in [0.4, 0.5) is 0 Å². The van der Waals surface area contributed by atoms with Gasteiger partial charge in [0.15, 0.2) is 0 Å². The van der Waals surface area contributed by atoms with Crippen molar-refractivity contribution < 1.29 is 9.59 Å². The fraction of sp³-hybridized carbons (Fsp3) is 0.500. The summed E-state index contributed by atoms with van der Waals surface area (Å²) in [6.07, 6.45) is 4.06. The highest BCUT2D eigenvalue weighted by atomic mass is 16.2. The van der Waals surface area contributed by atoms with E-state index in [-0.39, 0.29) is 11.8 Å². The van der Waals surface area contributed by atoms with Crippen LogP contribution in [0, 0.1) is 5.92 Å². The third kappa shape index (κ3) is 3.00. The average Bonchev–Trinajstić information content (AvgIpc) is 3.29. The van der Waals surface area contributed by atoms with E-state index < -0.39 is 6.04 Å². The monoisotopic (exact) mass is 272 g/mol. The Morgan fingerprint density at radius 3 is 2.60 bits per heavy atom. The van der Waals surface area contributed by atoms with Gasteiger partial charge in [-0.2, -0.15) is 0 Å². The molecule has 4 nitrogen and oxygen atoms in total. The molecule has 2 amide bonds. The zero-order valence-electron chi connectivity index (χ0n) is 11.5. The molecule has 1 N–H and O–H groups in total. The summed E-state index contributed by atoms with van der Waals surface area (Å²) in [5.41, 5.74) is 0.865. The molecule has 1 saturated carbocycles. The van der Waals surface area contributed by atoms with E-state index in [9.17, 15) is 9.59 Å². The Hall–Kier alpha value is -1.84. The molecular formula is C16H20N2O2. The summed E-state index contributed by atoms with van der Waals surface area (Å²) in [6, 6.07) is 8.98. The Bertz CT molecular complexity index is 496. The van der Waals surface area contributed by atoms with E-state index in [1.54, 1.807) is 0 Å². The number of rotatable bonds is 4. The highest BCUT2D eigenvalue weighted by Crippen LogP contribution is 2.32. The summed E-state index contributed by atoms with van der Waals surface area (Å²) in [4.78, 5) is 26.3. The Morgan fingerprint density at radius 2 is 1.90 bits per heavy atom. The lowest BCUT2D eigenvalue weighted by atomic mass is 10.1. The number of hydrogen-bond donors (Lipinski definition) is 1. The van der Waals surface area contributed by atoms with Crippen LogP contribution in [0.25, 0.3) is 0 Å². The van der Waals surface area contributed by atoms with Crippen LogP contribution < -0.4 is 5.32 Å². The van der Waals surface area contributed by atoms with Crippen molar-refractivity contribution in [2.24, 2.45) is 5.92 Å². The Kier molecular flexibility index (Phi) is 3.72. The van der Waals surface area contributed by atoms with E-state index in [4.69, 9.17) is 0 Å². The maximum atomic E-state index is 12.6. The number of amides is 2. The number of nitrogens with zero attached hydrogens (tertiary/aromatic N) is 1. The second kappa shape index (κ2) is 5.65. The van der Waals surface area contributed by atoms with Crippen LogP contribution >= 0.6 is 0 Å². The topological polar surface area (TPSA) is 49.4 Å². The van der Waals surface area contributed by atoms with Crippen molar-refractivity contribution >= 4 is 11.8 Å². The Balaban J connectivity index is 1.75. The van der Waals surface area contributed by atoms with Gasteiger partial charge in [-0.15, -0.1) is 0 Å². The first-order valence-electron chi connectivity index (χ1n) is 7.37. The van der Waals surface area contributed by atoms with Gasteiger partial charge in [-0.25, -0.2) is 0 Å². The van der Waals surface area contributed by atoms with Crippen LogP contribution in [0.15, 0.2) is 30.3 Å². The normalized spacial score (nSPS) is 23.4. The second-order valence-corrected chi connectivity index (χ2v) is 5.72. The van der Waals surface area contributed by atoms with Crippen molar-refractivity contribution in [3.05, 3.63) is 35.9 Å². The van der Waals surface area contributed by atoms with Crippen molar-refractivity contribution in [3.63, 3.8) is 0 Å². The molecular weight excluding hydrogens is 252 g/mol. The molecule has 1 atom stereocenters. The van der Waals surface area contributed by atoms with E-state index in [1.807, 2.05) is 35.2 Å². The SMILES string of the molecule is O=C1CCN(CCC2CC2)C(=O)C(c2ccccc2)N1. The van der Waals surface area contributed by atoms with Crippen LogP contribution in [0.3, 0.4) is 0 Å². The number of carbonyl (C=O) groups is 2. The van der Waals surface area contributed by atoms with Crippen LogP contribution in [-0.2, 0) is 9.59 Å². The molecule has 1 aromatic carbocycles. The van der Waals surface area contributed by atoms with Crippen LogP contribution in [-0.4, -0.2) is 29.8 Å². The molecule has 2 aliphatic rings. The summed E-state index contributed by atoms with van der Waals surface area (Å²) in [5, 5.41) is 2.85. The second-order valence-electron chi connectivity index (χ2n) is 5.72. The predicted molar refractivity (Wildman–Crippen MR) is 75.9 cm³/mol. The van der Waals surface area contributed by atoms with E-state index in [2.05, 4.69) is 5.32 Å². The summed E-state index contributed by atoms with van der Waals surface area (Å²) >= 11 is 0. The third-order valence-electron chi connectivity index (χ3n) is 4.11. The first kappa shape index (κ1) is 13.2. The maximum Gasteiger partial charge on any atom is 0.249 e. The zero-order valence-corrected chi connectivity index (χ0v) is 11.5. The van der Waals surface area contributed by atoms with E-state index in [0.717, 1.165) is 24.4 Å². The minimum Gasteiger partial charge on any atom is -0.340 e. The van der Waals surface area contributed by atoms with Crippen LogP contribution in [0.1, 0.15) is 37.3 Å². The number of benzene rings is 1. The maximum absolute atomic E-state index is 12.6. The van der Waals surface area contributed by atoms with Crippen molar-refractivity contribution in [1.82, 2.24) is 10.2 Å². The molecule has 106 valence electrons. The molecule has 20 heavy (non-hydrogen) atoms. The van der Waals surface area contributed by atoms with Gasteiger partial charge in [-0.3, -0.25) is 9.59 Å². The molecule has 0 aromatic heterocycles. The van der Waals surface area contributed by atoms with E-state index in [0.29, 0.717) is 13.0 Å². The number of hydrogen-bond acceptors (Lipinski definition) is 2. The molecule has 0 radical (unpaired) electrons. The van der Waals surface area contributed by atoms with Crippen molar-refractivity contribution in [3.8, 4) is 0 Å². The van der Waals surface area contributed by atoms with E-state index in [1.165, 1.54) is 12.8 Å². The largest absolute Gasteiger partial charge is 0.340 e. The van der Waals surface area contributed by atoms with E-state index >= 15 is 0 Å². The Morgan fingerprint density at radius 1 is 1.15 bits per heavy atom. The molecule has 3 rings (SSSR count). The minimum atomic E-state index is -0.523. The first-order valence-corrected chi connectivity index (χ1v) is 7.37. The standard InChI is InChI=1S/C16H20N2O2/c19-14-9-11-18(10-8-12-6-7-12)16(20)15(17-14)13-4-2-1-3-5-13/h1-5,12,15H,6-11H2,(H,17,19). The minimum absolute atomic E-state index is 0.0303. The van der Waals surface area contributed by atoms with Gasteiger partial charge in [0.1, 0.15) is 6.04 Å². The van der Waals surface area contributed by atoms with Gasteiger partial charge in [0.25, 0.3) is 0 Å². The Labute approximate surface area is 119 Å². The highest BCUT2D eigenvalue weighted by Gasteiger charge is 2.32. The van der Waals surface area contributed by atoms with Gasteiger partial charge in [0.05, 0.1) is 0 Å². The van der Waals surface area contributed by atoms with Gasteiger partial charge in [-0.05, 0) is 17.9 Å². The van der Waals surface area contributed by atoms with Gasteiger partial charge in [0.2, 0.25) is 11.8 Å². The summed E-state index contributed by atoms with van der Waals surface area (Å²) in [6.45, 7) is 1.32. The molecule has 0 bridgehead atoms. The fourth-order valence-corrected chi connectivity index (χ4v) is 2.66. The molecule has 1 aromatic rings. The average molecular weight is 272 g/mol. The smallest absolute Gasteiger partial charge is 0.249 e. The van der Waals surface area contributed by atoms with Gasteiger partial charge >= 0.3 is 0 Å². The quantitative estimate of drug-likeness (QED) is 0.909. The lowest BCUT2D eigenvalue weighted by molar-refractivity contribution is -0.133. The van der Waals surface area contributed by atoms with Gasteiger partial charge < -0.3 is 10.2 Å². The summed E-state index contributed by atoms with van der Waals surface area (Å²) in [7, 11) is 0. The zero-order chi connectivity index (χ0) is 13.9. The lowest BCUT2D eigenvalue weighted by Crippen LogP contribution is -2.39. The third-order valence-corrected chi connectivity index (χ3v) is 4.11. The van der Waals surface area contributed by atoms with Crippen LogP contribution in [0.2, 0.25) is 0 Å². The number of carbonyl (C=O) groups excluding carboxylic acids is 2.